The molecule has 1 aliphatic heterocycles. The second kappa shape index (κ2) is 15.2. The van der Waals surface area contributed by atoms with Crippen molar-refractivity contribution in [1.82, 2.24) is 16.1 Å². The van der Waals surface area contributed by atoms with Gasteiger partial charge in [0.25, 0.3) is 5.91 Å². The standard InChI is InChI=1S/C28H30ClN5O8/c1-5-39-22-12-17(11-19(29)26(22)41-10-9-30)14-31-34-23(35)15-42-20-8-7-18(13-21(20)38-4)25-24(27(36)40-6-2)16(3)32-28(37)33-25/h7-8,11-14,25H,5-6,10,15H2,1-4H3,(H,34,35)(H2,32,33,37)/b31-14-/t25-/m0/s1. The van der Waals surface area contributed by atoms with Crippen molar-refractivity contribution in [1.29, 1.82) is 5.26 Å². The number of hydrogen-bond donors (Lipinski definition) is 3. The summed E-state index contributed by atoms with van der Waals surface area (Å²) in [6.45, 7) is 5.01. The van der Waals surface area contributed by atoms with E-state index >= 15 is 0 Å². The molecule has 0 unspecified atom stereocenters. The smallest absolute Gasteiger partial charge is 0.338 e. The lowest BCUT2D eigenvalue weighted by atomic mass is 9.95. The van der Waals surface area contributed by atoms with E-state index in [1.807, 2.05) is 6.07 Å². The number of nitriles is 1. The number of hydrazone groups is 1. The first-order chi connectivity index (χ1) is 20.2. The molecule has 3 rings (SSSR count). The third-order valence-corrected chi connectivity index (χ3v) is 5.94. The molecule has 0 aliphatic carbocycles. The number of carbonyl (C=O) groups excluding carboxylic acids is 3. The van der Waals surface area contributed by atoms with Crippen LogP contribution in [-0.4, -0.2) is 57.7 Å². The highest BCUT2D eigenvalue weighted by Crippen LogP contribution is 2.37. The van der Waals surface area contributed by atoms with Crippen LogP contribution in [0.15, 0.2) is 46.7 Å². The first-order valence-electron chi connectivity index (χ1n) is 12.8. The number of urea groups is 1. The van der Waals surface area contributed by atoms with Gasteiger partial charge in [-0.3, -0.25) is 4.79 Å². The molecule has 2 aromatic rings. The summed E-state index contributed by atoms with van der Waals surface area (Å²) >= 11 is 6.26. The fourth-order valence-corrected chi connectivity index (χ4v) is 4.20. The van der Waals surface area contributed by atoms with Crippen LogP contribution in [0.1, 0.15) is 37.9 Å². The number of amides is 3. The molecule has 222 valence electrons. The second-order valence-corrected chi connectivity index (χ2v) is 8.90. The van der Waals surface area contributed by atoms with Crippen molar-refractivity contribution in [3.63, 3.8) is 0 Å². The topological polar surface area (TPSA) is 170 Å². The predicted molar refractivity (Wildman–Crippen MR) is 152 cm³/mol. The third-order valence-electron chi connectivity index (χ3n) is 5.66. The average Bonchev–Trinajstić information content (AvgIpc) is 2.95. The number of benzene rings is 2. The Morgan fingerprint density at radius 2 is 1.90 bits per heavy atom. The van der Waals surface area contributed by atoms with Gasteiger partial charge < -0.3 is 34.3 Å². The van der Waals surface area contributed by atoms with E-state index in [0.29, 0.717) is 29.2 Å². The van der Waals surface area contributed by atoms with Crippen LogP contribution >= 0.6 is 11.6 Å². The van der Waals surface area contributed by atoms with E-state index in [4.69, 9.17) is 40.5 Å². The molecule has 1 atom stereocenters. The van der Waals surface area contributed by atoms with Gasteiger partial charge in [-0.25, -0.2) is 15.0 Å². The van der Waals surface area contributed by atoms with Crippen LogP contribution in [-0.2, 0) is 14.3 Å². The van der Waals surface area contributed by atoms with Crippen molar-refractivity contribution in [2.24, 2.45) is 5.10 Å². The highest BCUT2D eigenvalue weighted by Gasteiger charge is 2.32. The number of nitrogens with zero attached hydrogens (tertiary/aromatic N) is 2. The zero-order chi connectivity index (χ0) is 30.6. The number of halogens is 1. The van der Waals surface area contributed by atoms with Crippen LogP contribution in [0.3, 0.4) is 0 Å². The quantitative estimate of drug-likeness (QED) is 0.177. The van der Waals surface area contributed by atoms with Gasteiger partial charge in [0.15, 0.2) is 36.2 Å². The summed E-state index contributed by atoms with van der Waals surface area (Å²) in [6.07, 6.45) is 1.36. The van der Waals surface area contributed by atoms with Gasteiger partial charge in [-0.2, -0.15) is 10.4 Å². The molecule has 0 saturated heterocycles. The lowest BCUT2D eigenvalue weighted by Gasteiger charge is -2.28. The van der Waals surface area contributed by atoms with Gasteiger partial charge in [-0.15, -0.1) is 0 Å². The van der Waals surface area contributed by atoms with Crippen LogP contribution in [0, 0.1) is 11.3 Å². The lowest BCUT2D eigenvalue weighted by Crippen LogP contribution is -2.45. The molecular weight excluding hydrogens is 570 g/mol. The van der Waals surface area contributed by atoms with Crippen LogP contribution in [0.2, 0.25) is 5.02 Å². The van der Waals surface area contributed by atoms with Crippen molar-refractivity contribution in [2.45, 2.75) is 26.8 Å². The number of allylic oxidation sites excluding steroid dienone is 1. The lowest BCUT2D eigenvalue weighted by molar-refractivity contribution is -0.139. The van der Waals surface area contributed by atoms with Crippen molar-refractivity contribution in [3.8, 4) is 29.1 Å². The minimum atomic E-state index is -0.790. The molecule has 2 aromatic carbocycles. The molecule has 0 spiro atoms. The minimum absolute atomic E-state index is 0.172. The maximum atomic E-state index is 12.6. The number of methoxy groups -OCH3 is 1. The van der Waals surface area contributed by atoms with E-state index in [-0.39, 0.29) is 41.1 Å². The Morgan fingerprint density at radius 3 is 2.60 bits per heavy atom. The van der Waals surface area contributed by atoms with E-state index in [2.05, 4.69) is 21.2 Å². The number of hydrogen-bond acceptors (Lipinski definition) is 10. The predicted octanol–water partition coefficient (Wildman–Crippen LogP) is 3.37. The van der Waals surface area contributed by atoms with Gasteiger partial charge in [-0.1, -0.05) is 17.7 Å². The van der Waals surface area contributed by atoms with Gasteiger partial charge in [0, 0.05) is 5.70 Å². The molecule has 1 heterocycles. The van der Waals surface area contributed by atoms with E-state index in [1.54, 1.807) is 51.1 Å². The summed E-state index contributed by atoms with van der Waals surface area (Å²) in [6, 6.07) is 8.56. The number of carbonyl (C=O) groups is 3. The fraction of sp³-hybridized carbons (Fsp3) is 0.321. The Hall–Kier alpha value is -4.96. The maximum absolute atomic E-state index is 12.6. The first kappa shape index (κ1) is 31.6. The molecule has 0 fully saturated rings. The van der Waals surface area contributed by atoms with Gasteiger partial charge in [-0.05, 0) is 56.2 Å². The first-order valence-corrected chi connectivity index (χ1v) is 13.1. The molecule has 0 radical (unpaired) electrons. The summed E-state index contributed by atoms with van der Waals surface area (Å²) in [4.78, 5) is 37.1. The number of ether oxygens (including phenoxy) is 5. The zero-order valence-electron chi connectivity index (χ0n) is 23.4. The molecule has 0 bridgehead atoms. The molecule has 0 aromatic heterocycles. The van der Waals surface area contributed by atoms with E-state index in [9.17, 15) is 14.4 Å². The average molecular weight is 600 g/mol. The van der Waals surface area contributed by atoms with Crippen LogP contribution in [0.25, 0.3) is 0 Å². The summed E-state index contributed by atoms with van der Waals surface area (Å²) in [5, 5.41) is 18.2. The number of esters is 1. The highest BCUT2D eigenvalue weighted by atomic mass is 35.5. The second-order valence-electron chi connectivity index (χ2n) is 8.49. The Kier molecular flexibility index (Phi) is 11.4. The van der Waals surface area contributed by atoms with Gasteiger partial charge >= 0.3 is 12.0 Å². The van der Waals surface area contributed by atoms with Crippen molar-refractivity contribution in [3.05, 3.63) is 57.8 Å². The SMILES string of the molecule is CCOC(=O)C1=C(C)NC(=O)N[C@H]1c1ccc(OCC(=O)N/N=C\c2cc(Cl)c(OCC#N)c(OCC)c2)c(OC)c1. The van der Waals surface area contributed by atoms with Gasteiger partial charge in [0.2, 0.25) is 0 Å². The summed E-state index contributed by atoms with van der Waals surface area (Å²) in [5.41, 5.74) is 4.04. The monoisotopic (exact) mass is 599 g/mol. The van der Waals surface area contributed by atoms with Crippen molar-refractivity contribution in [2.75, 3.05) is 33.5 Å². The molecule has 1 aliphatic rings. The van der Waals surface area contributed by atoms with E-state index in [0.717, 1.165) is 0 Å². The zero-order valence-corrected chi connectivity index (χ0v) is 24.2. The minimum Gasteiger partial charge on any atom is -0.493 e. The molecular formula is C28H30ClN5O8. The summed E-state index contributed by atoms with van der Waals surface area (Å²) in [7, 11) is 1.42. The Balaban J connectivity index is 1.68. The van der Waals surface area contributed by atoms with Crippen LogP contribution in [0.4, 0.5) is 4.79 Å². The number of nitrogens with one attached hydrogen (secondary N) is 3. The molecule has 14 heteroatoms. The van der Waals surface area contributed by atoms with Crippen molar-refractivity contribution < 1.29 is 38.1 Å². The summed E-state index contributed by atoms with van der Waals surface area (Å²) in [5.74, 6) is -0.0364. The Labute approximate surface area is 247 Å². The van der Waals surface area contributed by atoms with Crippen LogP contribution in [0.5, 0.6) is 23.0 Å². The normalized spacial score (nSPS) is 14.4. The molecule has 0 saturated carbocycles. The van der Waals surface area contributed by atoms with Gasteiger partial charge in [0.05, 0.1) is 43.2 Å². The highest BCUT2D eigenvalue weighted by molar-refractivity contribution is 6.32. The summed E-state index contributed by atoms with van der Waals surface area (Å²) < 4.78 is 27.1. The fourth-order valence-electron chi connectivity index (χ4n) is 3.93. The number of rotatable bonds is 13. The Bertz CT molecular complexity index is 1440. The van der Waals surface area contributed by atoms with Crippen LogP contribution < -0.4 is 35.0 Å². The molecule has 3 amide bonds. The van der Waals surface area contributed by atoms with Gasteiger partial charge in [0.1, 0.15) is 6.07 Å². The van der Waals surface area contributed by atoms with E-state index in [1.165, 1.54) is 13.3 Å². The molecule has 42 heavy (non-hydrogen) atoms. The largest absolute Gasteiger partial charge is 0.493 e. The molecule has 13 nitrogen and oxygen atoms in total. The third kappa shape index (κ3) is 8.05. The van der Waals surface area contributed by atoms with E-state index < -0.39 is 30.6 Å². The Morgan fingerprint density at radius 1 is 1.12 bits per heavy atom. The molecule has 3 N–H and O–H groups in total. The maximum Gasteiger partial charge on any atom is 0.338 e. The van der Waals surface area contributed by atoms with Crippen molar-refractivity contribution >= 4 is 35.7 Å².